The second kappa shape index (κ2) is 6.34. The summed E-state index contributed by atoms with van der Waals surface area (Å²) in [5.41, 5.74) is 0.991. The third kappa shape index (κ3) is 4.44. The summed E-state index contributed by atoms with van der Waals surface area (Å²) in [6.45, 7) is 6.28. The molecule has 1 heterocycles. The maximum Gasteiger partial charge on any atom is 0.309 e. The second-order valence-electron chi connectivity index (χ2n) is 6.56. The first kappa shape index (κ1) is 16.3. The van der Waals surface area contributed by atoms with Crippen molar-refractivity contribution in [1.82, 2.24) is 0 Å². The highest BCUT2D eigenvalue weighted by molar-refractivity contribution is 6.01. The maximum atomic E-state index is 13.3. The lowest BCUT2D eigenvalue weighted by atomic mass is 9.98. The van der Waals surface area contributed by atoms with Gasteiger partial charge in [-0.3, -0.25) is 4.79 Å². The lowest BCUT2D eigenvalue weighted by Gasteiger charge is -2.18. The molecule has 0 saturated carbocycles. The fourth-order valence-corrected chi connectivity index (χ4v) is 1.94. The van der Waals surface area contributed by atoms with Crippen LogP contribution in [0.4, 0.5) is 4.39 Å². The molecule has 1 atom stereocenters. The number of carbonyl (C=O) groups is 1. The Kier molecular flexibility index (Phi) is 4.68. The van der Waals surface area contributed by atoms with E-state index in [1.54, 1.807) is 6.07 Å². The van der Waals surface area contributed by atoms with E-state index in [1.807, 2.05) is 20.8 Å². The summed E-state index contributed by atoms with van der Waals surface area (Å²) in [6.07, 6.45) is 0.0951. The van der Waals surface area contributed by atoms with E-state index in [2.05, 4.69) is 5.16 Å². The quantitative estimate of drug-likeness (QED) is 0.868. The molecule has 1 N–H and O–H groups in total. The minimum atomic E-state index is -0.715. The van der Waals surface area contributed by atoms with Crippen LogP contribution in [0.1, 0.15) is 39.2 Å². The molecule has 0 amide bonds. The monoisotopic (exact) mass is 309 g/mol. The predicted octanol–water partition coefficient (Wildman–Crippen LogP) is 3.00. The lowest BCUT2D eigenvalue weighted by Crippen LogP contribution is -2.22. The Morgan fingerprint density at radius 3 is 2.86 bits per heavy atom. The zero-order valence-electron chi connectivity index (χ0n) is 12.9. The van der Waals surface area contributed by atoms with Gasteiger partial charge in [-0.25, -0.2) is 4.39 Å². The largest absolute Gasteiger partial charge is 0.505 e. The number of phenolic OH excluding ortho intramolecular Hbond substituents is 1. The molecule has 1 aromatic carbocycles. The van der Waals surface area contributed by atoms with Gasteiger partial charge in [0.2, 0.25) is 0 Å². The average Bonchev–Trinajstić information content (AvgIpc) is 2.87. The predicted molar refractivity (Wildman–Crippen MR) is 79.1 cm³/mol. The van der Waals surface area contributed by atoms with Crippen LogP contribution in [0.3, 0.4) is 0 Å². The molecule has 22 heavy (non-hydrogen) atoms. The van der Waals surface area contributed by atoms with Crippen molar-refractivity contribution >= 4 is 11.7 Å². The number of nitrogens with zero attached hydrogens (tertiary/aromatic N) is 1. The van der Waals surface area contributed by atoms with Gasteiger partial charge in [0, 0.05) is 12.0 Å². The van der Waals surface area contributed by atoms with Crippen molar-refractivity contribution in [3.05, 3.63) is 29.6 Å². The molecule has 0 aromatic heterocycles. The number of phenols is 1. The Bertz CT molecular complexity index is 592. The van der Waals surface area contributed by atoms with Gasteiger partial charge in [0.05, 0.1) is 18.7 Å². The molecule has 6 heteroatoms. The van der Waals surface area contributed by atoms with Crippen LogP contribution in [0.15, 0.2) is 23.4 Å². The summed E-state index contributed by atoms with van der Waals surface area (Å²) < 4.78 is 18.5. The maximum absolute atomic E-state index is 13.3. The van der Waals surface area contributed by atoms with E-state index in [-0.39, 0.29) is 17.8 Å². The van der Waals surface area contributed by atoms with Crippen LogP contribution in [-0.2, 0) is 14.4 Å². The fraction of sp³-hybridized carbons (Fsp3) is 0.500. The number of halogens is 1. The SMILES string of the molecule is CC(C)(C)COC(=O)CC1CC(c2ccc(O)c(F)c2)=NO1. The number of esters is 1. The second-order valence-corrected chi connectivity index (χ2v) is 6.56. The van der Waals surface area contributed by atoms with Gasteiger partial charge in [0.25, 0.3) is 0 Å². The molecule has 1 aliphatic heterocycles. The lowest BCUT2D eigenvalue weighted by molar-refractivity contribution is -0.149. The van der Waals surface area contributed by atoms with Gasteiger partial charge in [-0.1, -0.05) is 25.9 Å². The number of carbonyl (C=O) groups excluding carboxylic acids is 1. The molecule has 120 valence electrons. The molecular formula is C16H20FNO4. The number of oxime groups is 1. The van der Waals surface area contributed by atoms with E-state index < -0.39 is 17.7 Å². The van der Waals surface area contributed by atoms with Gasteiger partial charge >= 0.3 is 5.97 Å². The topological polar surface area (TPSA) is 68.1 Å². The first-order valence-corrected chi connectivity index (χ1v) is 7.12. The van der Waals surface area contributed by atoms with Crippen LogP contribution in [-0.4, -0.2) is 29.5 Å². The van der Waals surface area contributed by atoms with Crippen LogP contribution in [0.2, 0.25) is 0 Å². The smallest absolute Gasteiger partial charge is 0.309 e. The third-order valence-corrected chi connectivity index (χ3v) is 3.07. The van der Waals surface area contributed by atoms with E-state index in [0.29, 0.717) is 24.3 Å². The molecule has 1 aliphatic rings. The van der Waals surface area contributed by atoms with Crippen molar-refractivity contribution in [2.75, 3.05) is 6.61 Å². The fourth-order valence-electron chi connectivity index (χ4n) is 1.94. The van der Waals surface area contributed by atoms with Crippen LogP contribution < -0.4 is 0 Å². The van der Waals surface area contributed by atoms with Gasteiger partial charge < -0.3 is 14.7 Å². The molecule has 0 spiro atoms. The zero-order valence-corrected chi connectivity index (χ0v) is 12.9. The number of hydrogen-bond acceptors (Lipinski definition) is 5. The van der Waals surface area contributed by atoms with Gasteiger partial charge in [0.15, 0.2) is 11.6 Å². The van der Waals surface area contributed by atoms with E-state index in [9.17, 15) is 14.3 Å². The van der Waals surface area contributed by atoms with E-state index in [4.69, 9.17) is 9.57 Å². The van der Waals surface area contributed by atoms with Gasteiger partial charge in [-0.2, -0.15) is 0 Å². The molecular weight excluding hydrogens is 289 g/mol. The van der Waals surface area contributed by atoms with Crippen molar-refractivity contribution < 1.29 is 23.9 Å². The summed E-state index contributed by atoms with van der Waals surface area (Å²) in [6, 6.07) is 4.01. The molecule has 0 saturated heterocycles. The van der Waals surface area contributed by atoms with Crippen molar-refractivity contribution in [3.63, 3.8) is 0 Å². The minimum absolute atomic E-state index is 0.0859. The van der Waals surface area contributed by atoms with Crippen molar-refractivity contribution in [3.8, 4) is 5.75 Å². The van der Waals surface area contributed by atoms with Crippen molar-refractivity contribution in [2.45, 2.75) is 39.7 Å². The Morgan fingerprint density at radius 2 is 2.23 bits per heavy atom. The van der Waals surface area contributed by atoms with E-state index in [0.717, 1.165) is 0 Å². The first-order chi connectivity index (χ1) is 10.2. The van der Waals surface area contributed by atoms with Crippen LogP contribution in [0.25, 0.3) is 0 Å². The van der Waals surface area contributed by atoms with Gasteiger partial charge in [0.1, 0.15) is 6.10 Å². The number of ether oxygens (including phenoxy) is 1. The first-order valence-electron chi connectivity index (χ1n) is 7.12. The molecule has 2 rings (SSSR count). The molecule has 1 unspecified atom stereocenters. The van der Waals surface area contributed by atoms with Crippen LogP contribution in [0.5, 0.6) is 5.75 Å². The molecule has 0 radical (unpaired) electrons. The van der Waals surface area contributed by atoms with Crippen LogP contribution >= 0.6 is 0 Å². The number of aromatic hydroxyl groups is 1. The molecule has 1 aromatic rings. The summed E-state index contributed by atoms with van der Waals surface area (Å²) in [5.74, 6) is -1.47. The van der Waals surface area contributed by atoms with Gasteiger partial charge in [-0.15, -0.1) is 0 Å². The summed E-state index contributed by atoms with van der Waals surface area (Å²) in [4.78, 5) is 16.9. The standard InChI is InChI=1S/C16H20FNO4/c1-16(2,3)9-21-15(20)8-11-7-13(18-22-11)10-4-5-14(19)12(17)6-10/h4-6,11,19H,7-9H2,1-3H3. The van der Waals surface area contributed by atoms with Crippen LogP contribution in [0, 0.1) is 11.2 Å². The Hall–Kier alpha value is -2.11. The highest BCUT2D eigenvalue weighted by Crippen LogP contribution is 2.23. The van der Waals surface area contributed by atoms with Gasteiger partial charge in [-0.05, 0) is 23.6 Å². The van der Waals surface area contributed by atoms with Crippen molar-refractivity contribution in [1.29, 1.82) is 0 Å². The summed E-state index contributed by atoms with van der Waals surface area (Å²) in [7, 11) is 0. The molecule has 0 aliphatic carbocycles. The van der Waals surface area contributed by atoms with E-state index >= 15 is 0 Å². The van der Waals surface area contributed by atoms with Crippen molar-refractivity contribution in [2.24, 2.45) is 10.6 Å². The minimum Gasteiger partial charge on any atom is -0.505 e. The average molecular weight is 309 g/mol. The molecule has 0 fully saturated rings. The Balaban J connectivity index is 1.87. The Morgan fingerprint density at radius 1 is 1.50 bits per heavy atom. The van der Waals surface area contributed by atoms with E-state index in [1.165, 1.54) is 12.1 Å². The number of hydrogen-bond donors (Lipinski definition) is 1. The highest BCUT2D eigenvalue weighted by atomic mass is 19.1. The number of benzene rings is 1. The normalized spacial score (nSPS) is 17.8. The summed E-state index contributed by atoms with van der Waals surface area (Å²) in [5, 5.41) is 13.1. The summed E-state index contributed by atoms with van der Waals surface area (Å²) >= 11 is 0. The number of rotatable bonds is 4. The molecule has 5 nitrogen and oxygen atoms in total. The zero-order chi connectivity index (χ0) is 16.3. The highest BCUT2D eigenvalue weighted by Gasteiger charge is 2.26. The third-order valence-electron chi connectivity index (χ3n) is 3.07. The Labute approximate surface area is 128 Å². The molecule has 0 bridgehead atoms.